The molecule has 22 heavy (non-hydrogen) atoms. The molecule has 1 N–H and O–H groups in total. The largest absolute Gasteiger partial charge is 0.390 e. The first kappa shape index (κ1) is 18.0. The quantitative estimate of drug-likeness (QED) is 0.474. The van der Waals surface area contributed by atoms with Crippen molar-refractivity contribution < 1.29 is 14.6 Å². The fraction of sp³-hybridized carbons (Fsp3) is 0.895. The topological polar surface area (TPSA) is 38.7 Å². The van der Waals surface area contributed by atoms with Gasteiger partial charge < -0.3 is 14.6 Å². The SMILES string of the molecule is C/C(=C\CCC(C)(O)C1CC1)CCCCOC1CCCCO1. The number of hydrogen-bond donors (Lipinski definition) is 1. The summed E-state index contributed by atoms with van der Waals surface area (Å²) < 4.78 is 11.3. The third-order valence-corrected chi connectivity index (χ3v) is 5.01. The molecule has 1 saturated carbocycles. The third kappa shape index (κ3) is 6.80. The highest BCUT2D eigenvalue weighted by Gasteiger charge is 2.38. The standard InChI is InChI=1S/C19H34O3/c1-16(9-7-13-19(2,20)17-11-12-17)8-3-5-14-21-18-10-4-6-15-22-18/h9,17-18,20H,3-8,10-15H2,1-2H3/b16-9+. The molecule has 128 valence electrons. The maximum atomic E-state index is 10.3. The van der Waals surface area contributed by atoms with Gasteiger partial charge in [-0.1, -0.05) is 11.6 Å². The van der Waals surface area contributed by atoms with Gasteiger partial charge >= 0.3 is 0 Å². The van der Waals surface area contributed by atoms with Gasteiger partial charge in [0.15, 0.2) is 6.29 Å². The molecule has 2 aliphatic rings. The molecule has 1 aliphatic carbocycles. The molecule has 0 spiro atoms. The average Bonchev–Trinajstić information content (AvgIpc) is 3.33. The molecule has 2 fully saturated rings. The van der Waals surface area contributed by atoms with Gasteiger partial charge in [0, 0.05) is 13.2 Å². The zero-order valence-electron chi connectivity index (χ0n) is 14.5. The van der Waals surface area contributed by atoms with Crippen molar-refractivity contribution in [2.45, 2.75) is 89.9 Å². The van der Waals surface area contributed by atoms with Crippen LogP contribution < -0.4 is 0 Å². The molecule has 2 rings (SSSR count). The van der Waals surface area contributed by atoms with Gasteiger partial charge in [0.25, 0.3) is 0 Å². The summed E-state index contributed by atoms with van der Waals surface area (Å²) in [5, 5.41) is 10.3. The maximum Gasteiger partial charge on any atom is 0.157 e. The van der Waals surface area contributed by atoms with Crippen LogP contribution in [0.15, 0.2) is 11.6 Å². The highest BCUT2D eigenvalue weighted by molar-refractivity contribution is 5.00. The van der Waals surface area contributed by atoms with Crippen molar-refractivity contribution in [2.24, 2.45) is 5.92 Å². The molecule has 0 bridgehead atoms. The van der Waals surface area contributed by atoms with Crippen LogP contribution in [0.5, 0.6) is 0 Å². The van der Waals surface area contributed by atoms with Gasteiger partial charge in [-0.2, -0.15) is 0 Å². The van der Waals surface area contributed by atoms with Crippen molar-refractivity contribution in [3.8, 4) is 0 Å². The van der Waals surface area contributed by atoms with Crippen LogP contribution in [0, 0.1) is 5.92 Å². The van der Waals surface area contributed by atoms with Crippen molar-refractivity contribution in [2.75, 3.05) is 13.2 Å². The molecule has 1 saturated heterocycles. The lowest BCUT2D eigenvalue weighted by molar-refractivity contribution is -0.162. The molecule has 0 aromatic carbocycles. The van der Waals surface area contributed by atoms with Gasteiger partial charge in [0.05, 0.1) is 5.60 Å². The smallest absolute Gasteiger partial charge is 0.157 e. The lowest BCUT2D eigenvalue weighted by atomic mass is 9.93. The summed E-state index contributed by atoms with van der Waals surface area (Å²) >= 11 is 0. The summed E-state index contributed by atoms with van der Waals surface area (Å²) in [6.45, 7) is 5.88. The van der Waals surface area contributed by atoms with E-state index < -0.39 is 5.60 Å². The summed E-state index contributed by atoms with van der Waals surface area (Å²) in [5.41, 5.74) is 1.01. The lowest BCUT2D eigenvalue weighted by Gasteiger charge is -2.22. The van der Waals surface area contributed by atoms with Crippen LogP contribution in [-0.2, 0) is 9.47 Å². The first-order valence-electron chi connectivity index (χ1n) is 9.19. The maximum absolute atomic E-state index is 10.3. The van der Waals surface area contributed by atoms with Crippen molar-refractivity contribution in [1.82, 2.24) is 0 Å². The van der Waals surface area contributed by atoms with Crippen molar-refractivity contribution >= 4 is 0 Å². The highest BCUT2D eigenvalue weighted by Crippen LogP contribution is 2.41. The van der Waals surface area contributed by atoms with Crippen LogP contribution in [-0.4, -0.2) is 30.2 Å². The van der Waals surface area contributed by atoms with Crippen LogP contribution in [0.3, 0.4) is 0 Å². The Morgan fingerprint density at radius 3 is 2.77 bits per heavy atom. The van der Waals surface area contributed by atoms with Crippen LogP contribution >= 0.6 is 0 Å². The van der Waals surface area contributed by atoms with Crippen LogP contribution in [0.4, 0.5) is 0 Å². The monoisotopic (exact) mass is 310 g/mol. The predicted octanol–water partition coefficient (Wildman–Crippen LogP) is 4.59. The fourth-order valence-electron chi connectivity index (χ4n) is 3.19. The van der Waals surface area contributed by atoms with Crippen LogP contribution in [0.2, 0.25) is 0 Å². The predicted molar refractivity (Wildman–Crippen MR) is 89.7 cm³/mol. The number of unbranched alkanes of at least 4 members (excludes halogenated alkanes) is 1. The third-order valence-electron chi connectivity index (χ3n) is 5.01. The van der Waals surface area contributed by atoms with E-state index in [1.165, 1.54) is 37.7 Å². The molecule has 0 radical (unpaired) electrons. The van der Waals surface area contributed by atoms with E-state index in [-0.39, 0.29) is 6.29 Å². The number of rotatable bonds is 10. The molecule has 0 amide bonds. The Bertz CT molecular complexity index is 339. The minimum Gasteiger partial charge on any atom is -0.390 e. The number of ether oxygens (including phenoxy) is 2. The molecule has 2 unspecified atom stereocenters. The van der Waals surface area contributed by atoms with Crippen molar-refractivity contribution in [3.63, 3.8) is 0 Å². The Hall–Kier alpha value is -0.380. The van der Waals surface area contributed by atoms with Gasteiger partial charge in [-0.3, -0.25) is 0 Å². The molecule has 3 nitrogen and oxygen atoms in total. The first-order valence-corrected chi connectivity index (χ1v) is 9.19. The van der Waals surface area contributed by atoms with E-state index in [2.05, 4.69) is 13.0 Å². The number of hydrogen-bond acceptors (Lipinski definition) is 3. The van der Waals surface area contributed by atoms with E-state index in [1.54, 1.807) is 0 Å². The molecular weight excluding hydrogens is 276 g/mol. The minimum atomic E-state index is -0.440. The molecule has 2 atom stereocenters. The summed E-state index contributed by atoms with van der Waals surface area (Å²) in [5.74, 6) is 0.556. The second-order valence-electron chi connectivity index (χ2n) is 7.34. The second-order valence-corrected chi connectivity index (χ2v) is 7.34. The van der Waals surface area contributed by atoms with E-state index >= 15 is 0 Å². The van der Waals surface area contributed by atoms with Gasteiger partial charge in [0.2, 0.25) is 0 Å². The van der Waals surface area contributed by atoms with E-state index in [0.29, 0.717) is 5.92 Å². The number of aliphatic hydroxyl groups is 1. The normalized spacial score (nSPS) is 26.0. The molecule has 0 aromatic rings. The first-order chi connectivity index (χ1) is 10.6. The summed E-state index contributed by atoms with van der Waals surface area (Å²) in [6.07, 6.45) is 13.6. The van der Waals surface area contributed by atoms with Gasteiger partial charge in [-0.05, 0) is 84.0 Å². The summed E-state index contributed by atoms with van der Waals surface area (Å²) in [6, 6.07) is 0. The lowest BCUT2D eigenvalue weighted by Crippen LogP contribution is -2.26. The summed E-state index contributed by atoms with van der Waals surface area (Å²) in [4.78, 5) is 0. The number of allylic oxidation sites excluding steroid dienone is 2. The highest BCUT2D eigenvalue weighted by atomic mass is 16.7. The Morgan fingerprint density at radius 1 is 1.27 bits per heavy atom. The van der Waals surface area contributed by atoms with Crippen LogP contribution in [0.1, 0.15) is 78.1 Å². The fourth-order valence-corrected chi connectivity index (χ4v) is 3.19. The molecule has 1 heterocycles. The Morgan fingerprint density at radius 2 is 2.09 bits per heavy atom. The molecule has 3 heteroatoms. The molecular formula is C19H34O3. The molecule has 1 aliphatic heterocycles. The minimum absolute atomic E-state index is 0.0510. The summed E-state index contributed by atoms with van der Waals surface area (Å²) in [7, 11) is 0. The second kappa shape index (κ2) is 9.05. The zero-order chi connectivity index (χ0) is 15.8. The van der Waals surface area contributed by atoms with E-state index in [4.69, 9.17) is 9.47 Å². The van der Waals surface area contributed by atoms with E-state index in [0.717, 1.165) is 45.3 Å². The van der Waals surface area contributed by atoms with Crippen molar-refractivity contribution in [3.05, 3.63) is 11.6 Å². The van der Waals surface area contributed by atoms with E-state index in [9.17, 15) is 5.11 Å². The Balaban J connectivity index is 1.47. The Kier molecular flexibility index (Phi) is 7.39. The van der Waals surface area contributed by atoms with Gasteiger partial charge in [0.1, 0.15) is 0 Å². The van der Waals surface area contributed by atoms with Gasteiger partial charge in [-0.15, -0.1) is 0 Å². The Labute approximate surface area is 136 Å². The van der Waals surface area contributed by atoms with Crippen molar-refractivity contribution in [1.29, 1.82) is 0 Å². The molecule has 0 aromatic heterocycles. The average molecular weight is 310 g/mol. The van der Waals surface area contributed by atoms with Crippen LogP contribution in [0.25, 0.3) is 0 Å². The zero-order valence-corrected chi connectivity index (χ0v) is 14.5. The van der Waals surface area contributed by atoms with Gasteiger partial charge in [-0.25, -0.2) is 0 Å². The van der Waals surface area contributed by atoms with E-state index in [1.807, 2.05) is 6.92 Å².